The Morgan fingerprint density at radius 2 is 1.86 bits per heavy atom. The van der Waals surface area contributed by atoms with Crippen molar-refractivity contribution in [2.75, 3.05) is 17.4 Å². The average molecular weight is 408 g/mol. The highest BCUT2D eigenvalue weighted by molar-refractivity contribution is 6.31. The fourth-order valence-corrected chi connectivity index (χ4v) is 3.14. The van der Waals surface area contributed by atoms with Crippen LogP contribution in [-0.4, -0.2) is 29.3 Å². The SMILES string of the molecule is CCOC(=O)C(C#N)=Cc1[nH]c2ccccc2c1N(C(=O)CCl)c1ccccc1. The van der Waals surface area contributed by atoms with E-state index >= 15 is 0 Å². The number of fused-ring (bicyclic) bond motifs is 1. The number of carbonyl (C=O) groups excluding carboxylic acids is 2. The van der Waals surface area contributed by atoms with Gasteiger partial charge in [0, 0.05) is 16.6 Å². The monoisotopic (exact) mass is 407 g/mol. The van der Waals surface area contributed by atoms with E-state index in [-0.39, 0.29) is 24.0 Å². The molecule has 3 aromatic rings. The van der Waals surface area contributed by atoms with E-state index in [2.05, 4.69) is 4.98 Å². The lowest BCUT2D eigenvalue weighted by Gasteiger charge is -2.22. The van der Waals surface area contributed by atoms with Crippen LogP contribution in [0, 0.1) is 11.3 Å². The number of nitrogens with one attached hydrogen (secondary N) is 1. The van der Waals surface area contributed by atoms with Crippen LogP contribution in [0.3, 0.4) is 0 Å². The fraction of sp³-hybridized carbons (Fsp3) is 0.136. The largest absolute Gasteiger partial charge is 0.462 e. The first kappa shape index (κ1) is 20.2. The molecule has 0 atom stereocenters. The van der Waals surface area contributed by atoms with Gasteiger partial charge in [0.2, 0.25) is 5.91 Å². The number of ether oxygens (including phenoxy) is 1. The summed E-state index contributed by atoms with van der Waals surface area (Å²) in [7, 11) is 0. The standard InChI is InChI=1S/C22H18ClN3O3/c1-2-29-22(28)15(14-24)12-19-21(17-10-6-7-11-18(17)25-19)26(20(27)13-23)16-8-4-3-5-9-16/h3-12,25H,2,13H2,1H3. The molecule has 0 saturated carbocycles. The quantitative estimate of drug-likeness (QED) is 0.281. The predicted octanol–water partition coefficient (Wildman–Crippen LogP) is 4.54. The Morgan fingerprint density at radius 1 is 1.17 bits per heavy atom. The van der Waals surface area contributed by atoms with Gasteiger partial charge in [-0.3, -0.25) is 9.69 Å². The third-order valence-corrected chi connectivity index (χ3v) is 4.44. The molecule has 1 amide bonds. The number of benzene rings is 2. The molecule has 7 heteroatoms. The van der Waals surface area contributed by atoms with E-state index in [1.165, 1.54) is 11.0 Å². The van der Waals surface area contributed by atoms with Gasteiger partial charge in [-0.2, -0.15) is 5.26 Å². The molecular formula is C22H18ClN3O3. The van der Waals surface area contributed by atoms with E-state index in [9.17, 15) is 14.9 Å². The second-order valence-corrected chi connectivity index (χ2v) is 6.29. The summed E-state index contributed by atoms with van der Waals surface area (Å²) in [6, 6.07) is 18.3. The van der Waals surface area contributed by atoms with Crippen LogP contribution < -0.4 is 4.90 Å². The minimum atomic E-state index is -0.727. The third kappa shape index (κ3) is 4.15. The maximum Gasteiger partial charge on any atom is 0.348 e. The van der Waals surface area contributed by atoms with E-state index in [1.807, 2.05) is 48.5 Å². The molecule has 0 aliphatic heterocycles. The van der Waals surface area contributed by atoms with Crippen LogP contribution in [0.2, 0.25) is 0 Å². The Labute approximate surface area is 173 Å². The van der Waals surface area contributed by atoms with Gasteiger partial charge in [0.05, 0.1) is 18.0 Å². The van der Waals surface area contributed by atoms with Gasteiger partial charge in [0.1, 0.15) is 17.5 Å². The summed E-state index contributed by atoms with van der Waals surface area (Å²) < 4.78 is 4.95. The minimum absolute atomic E-state index is 0.151. The molecule has 146 valence electrons. The second kappa shape index (κ2) is 9.09. The number of hydrogen-bond acceptors (Lipinski definition) is 4. The fourth-order valence-electron chi connectivity index (χ4n) is 3.02. The third-order valence-electron chi connectivity index (χ3n) is 4.21. The number of amides is 1. The molecule has 6 nitrogen and oxygen atoms in total. The van der Waals surface area contributed by atoms with Gasteiger partial charge >= 0.3 is 5.97 Å². The number of aromatic nitrogens is 1. The molecule has 2 aromatic carbocycles. The number of nitriles is 1. The van der Waals surface area contributed by atoms with Crippen LogP contribution >= 0.6 is 11.6 Å². The van der Waals surface area contributed by atoms with Gasteiger partial charge in [-0.15, -0.1) is 11.6 Å². The van der Waals surface area contributed by atoms with Crippen molar-refractivity contribution in [3.05, 3.63) is 65.9 Å². The lowest BCUT2D eigenvalue weighted by atomic mass is 10.1. The van der Waals surface area contributed by atoms with E-state index in [4.69, 9.17) is 16.3 Å². The number of aromatic amines is 1. The molecule has 0 aliphatic rings. The Kier molecular flexibility index (Phi) is 6.32. The number of nitrogens with zero attached hydrogens (tertiary/aromatic N) is 2. The number of para-hydroxylation sites is 2. The van der Waals surface area contributed by atoms with Gasteiger partial charge in [-0.05, 0) is 31.2 Å². The zero-order valence-corrected chi connectivity index (χ0v) is 16.4. The molecule has 0 bridgehead atoms. The number of H-pyrrole nitrogens is 1. The lowest BCUT2D eigenvalue weighted by molar-refractivity contribution is -0.137. The first-order chi connectivity index (χ1) is 14.1. The molecular weight excluding hydrogens is 390 g/mol. The Balaban J connectivity index is 2.28. The summed E-state index contributed by atoms with van der Waals surface area (Å²) in [4.78, 5) is 29.6. The molecule has 1 aromatic heterocycles. The highest BCUT2D eigenvalue weighted by Crippen LogP contribution is 2.37. The van der Waals surface area contributed by atoms with Crippen molar-refractivity contribution in [3.8, 4) is 6.07 Å². The molecule has 0 radical (unpaired) electrons. The van der Waals surface area contributed by atoms with Crippen LogP contribution in [0.5, 0.6) is 0 Å². The Hall–Kier alpha value is -3.56. The zero-order chi connectivity index (χ0) is 20.8. The van der Waals surface area contributed by atoms with Crippen molar-refractivity contribution in [3.63, 3.8) is 0 Å². The molecule has 1 heterocycles. The zero-order valence-electron chi connectivity index (χ0n) is 15.7. The number of anilines is 2. The van der Waals surface area contributed by atoms with Crippen molar-refractivity contribution in [1.82, 2.24) is 4.98 Å². The molecule has 0 spiro atoms. The van der Waals surface area contributed by atoms with Crippen LogP contribution in [-0.2, 0) is 14.3 Å². The van der Waals surface area contributed by atoms with Crippen molar-refractivity contribution < 1.29 is 14.3 Å². The first-order valence-corrected chi connectivity index (χ1v) is 9.47. The maximum atomic E-state index is 12.8. The number of hydrogen-bond donors (Lipinski definition) is 1. The summed E-state index contributed by atoms with van der Waals surface area (Å²) in [5, 5.41) is 10.2. The van der Waals surface area contributed by atoms with E-state index < -0.39 is 5.97 Å². The normalized spacial score (nSPS) is 11.1. The molecule has 0 aliphatic carbocycles. The number of rotatable bonds is 6. The van der Waals surface area contributed by atoms with E-state index in [0.717, 1.165) is 10.9 Å². The van der Waals surface area contributed by atoms with Crippen molar-refractivity contribution >= 4 is 51.8 Å². The van der Waals surface area contributed by atoms with Crippen LogP contribution in [0.4, 0.5) is 11.4 Å². The Morgan fingerprint density at radius 3 is 2.52 bits per heavy atom. The number of esters is 1. The van der Waals surface area contributed by atoms with Crippen LogP contribution in [0.25, 0.3) is 17.0 Å². The predicted molar refractivity (Wildman–Crippen MR) is 113 cm³/mol. The second-order valence-electron chi connectivity index (χ2n) is 6.02. The average Bonchev–Trinajstić information content (AvgIpc) is 3.11. The summed E-state index contributed by atoms with van der Waals surface area (Å²) in [6.07, 6.45) is 1.39. The van der Waals surface area contributed by atoms with Crippen molar-refractivity contribution in [1.29, 1.82) is 5.26 Å². The smallest absolute Gasteiger partial charge is 0.348 e. The molecule has 1 N–H and O–H groups in total. The molecule has 3 rings (SSSR count). The Bertz CT molecular complexity index is 1110. The minimum Gasteiger partial charge on any atom is -0.462 e. The van der Waals surface area contributed by atoms with E-state index in [0.29, 0.717) is 17.1 Å². The first-order valence-electron chi connectivity index (χ1n) is 8.94. The summed E-state index contributed by atoms with van der Waals surface area (Å²) >= 11 is 5.90. The van der Waals surface area contributed by atoms with Crippen molar-refractivity contribution in [2.45, 2.75) is 6.92 Å². The molecule has 0 fully saturated rings. The van der Waals surface area contributed by atoms with Crippen molar-refractivity contribution in [2.24, 2.45) is 0 Å². The van der Waals surface area contributed by atoms with Gasteiger partial charge in [-0.1, -0.05) is 36.4 Å². The van der Waals surface area contributed by atoms with Crippen LogP contribution in [0.1, 0.15) is 12.6 Å². The number of halogens is 1. The van der Waals surface area contributed by atoms with Gasteiger partial charge in [0.25, 0.3) is 0 Å². The van der Waals surface area contributed by atoms with E-state index in [1.54, 1.807) is 19.1 Å². The summed E-state index contributed by atoms with van der Waals surface area (Å²) in [5.41, 5.74) is 2.13. The van der Waals surface area contributed by atoms with Gasteiger partial charge in [0.15, 0.2) is 0 Å². The topological polar surface area (TPSA) is 86.2 Å². The number of carbonyl (C=O) groups is 2. The number of alkyl halides is 1. The maximum absolute atomic E-state index is 12.8. The van der Waals surface area contributed by atoms with Crippen LogP contribution in [0.15, 0.2) is 60.2 Å². The molecule has 0 saturated heterocycles. The summed E-state index contributed by atoms with van der Waals surface area (Å²) in [5.74, 6) is -1.30. The highest BCUT2D eigenvalue weighted by atomic mass is 35.5. The lowest BCUT2D eigenvalue weighted by Crippen LogP contribution is -2.27. The molecule has 29 heavy (non-hydrogen) atoms. The van der Waals surface area contributed by atoms with Gasteiger partial charge in [-0.25, -0.2) is 4.79 Å². The highest BCUT2D eigenvalue weighted by Gasteiger charge is 2.24. The van der Waals surface area contributed by atoms with Gasteiger partial charge < -0.3 is 9.72 Å². The summed E-state index contributed by atoms with van der Waals surface area (Å²) in [6.45, 7) is 1.82. The molecule has 0 unspecified atom stereocenters.